The molecule has 0 aromatic carbocycles. The first-order valence-corrected chi connectivity index (χ1v) is 20.1. The fourth-order valence-corrected chi connectivity index (χ4v) is 25.6. The van der Waals surface area contributed by atoms with E-state index < -0.39 is 26.5 Å². The topological polar surface area (TPSA) is 0 Å². The van der Waals surface area contributed by atoms with E-state index in [4.69, 9.17) is 0 Å². The van der Waals surface area contributed by atoms with Gasteiger partial charge in [0.1, 0.15) is 0 Å². The molecule has 0 radical (unpaired) electrons. The van der Waals surface area contributed by atoms with Crippen molar-refractivity contribution < 1.29 is 0 Å². The Morgan fingerprint density at radius 2 is 1.15 bits per heavy atom. The van der Waals surface area contributed by atoms with E-state index in [1.807, 2.05) is 3.59 Å². The average Bonchev–Trinajstić information content (AvgIpc) is 2.36. The summed E-state index contributed by atoms with van der Waals surface area (Å²) < 4.78 is 6.81. The van der Waals surface area contributed by atoms with Crippen LogP contribution in [0.25, 0.3) is 0 Å². The average molecular weight is 403 g/mol. The third-order valence-electron chi connectivity index (χ3n) is 4.51. The molecule has 0 aliphatic carbocycles. The van der Waals surface area contributed by atoms with Crippen molar-refractivity contribution >= 4 is 26.5 Å². The Hall–Kier alpha value is 0.756. The van der Waals surface area contributed by atoms with Crippen molar-refractivity contribution in [1.82, 2.24) is 0 Å². The summed E-state index contributed by atoms with van der Waals surface area (Å²) in [5.41, 5.74) is 2.78. The molecule has 0 N–H and O–H groups in total. The standard InChI is InChI=1S/C6H13Si.3C4H9.Sn/c1-5-6-7(2,3)4;3*1-3-4-2;/h6H,1-4H3;3*1,3-4H2,2H3;. The second-order valence-corrected chi connectivity index (χ2v) is 26.6. The van der Waals surface area contributed by atoms with Crippen LogP contribution in [0.5, 0.6) is 0 Å². The molecule has 0 aromatic heterocycles. The zero-order chi connectivity index (χ0) is 15.6. The molecule has 0 aliphatic heterocycles. The van der Waals surface area contributed by atoms with Crippen LogP contribution in [0.15, 0.2) is 9.29 Å². The van der Waals surface area contributed by atoms with Crippen LogP contribution < -0.4 is 0 Å². The zero-order valence-corrected chi connectivity index (χ0v) is 19.3. The molecule has 20 heavy (non-hydrogen) atoms. The Kier molecular flexibility index (Phi) is 10.9. The normalized spacial score (nSPS) is 13.8. The van der Waals surface area contributed by atoms with Crippen LogP contribution in [-0.2, 0) is 0 Å². The Labute approximate surface area is 134 Å². The van der Waals surface area contributed by atoms with Gasteiger partial charge in [0.25, 0.3) is 0 Å². The fourth-order valence-electron chi connectivity index (χ4n) is 3.31. The predicted octanol–water partition coefficient (Wildman–Crippen LogP) is 7.20. The fraction of sp³-hybridized carbons (Fsp3) is 0.889. The Morgan fingerprint density at radius 1 is 0.800 bits per heavy atom. The van der Waals surface area contributed by atoms with Gasteiger partial charge in [-0.2, -0.15) is 0 Å². The summed E-state index contributed by atoms with van der Waals surface area (Å²) in [6.45, 7) is 17.2. The summed E-state index contributed by atoms with van der Waals surface area (Å²) in [7, 11) is -1.06. The summed E-state index contributed by atoms with van der Waals surface area (Å²) in [5.74, 6) is 0. The molecule has 0 aromatic rings. The van der Waals surface area contributed by atoms with E-state index in [9.17, 15) is 0 Å². The molecular weight excluding hydrogens is 363 g/mol. The van der Waals surface area contributed by atoms with Gasteiger partial charge < -0.3 is 0 Å². The molecule has 0 saturated heterocycles. The molecule has 0 rings (SSSR count). The first kappa shape index (κ1) is 20.8. The van der Waals surface area contributed by atoms with Crippen LogP contribution in [0.3, 0.4) is 0 Å². The number of rotatable bonds is 11. The number of hydrogen-bond donors (Lipinski definition) is 0. The summed E-state index contributed by atoms with van der Waals surface area (Å²) >= 11 is -2.04. The van der Waals surface area contributed by atoms with Gasteiger partial charge in [-0.25, -0.2) is 0 Å². The van der Waals surface area contributed by atoms with Crippen molar-refractivity contribution in [1.29, 1.82) is 0 Å². The Bertz CT molecular complexity index is 254. The number of unbranched alkanes of at least 4 members (excludes halogenated alkanes) is 3. The van der Waals surface area contributed by atoms with Gasteiger partial charge in [0.05, 0.1) is 0 Å². The molecule has 2 heteroatoms. The maximum absolute atomic E-state index is 2.78. The monoisotopic (exact) mass is 404 g/mol. The molecule has 0 nitrogen and oxygen atoms in total. The second-order valence-electron chi connectivity index (χ2n) is 7.78. The molecule has 0 unspecified atom stereocenters. The van der Waals surface area contributed by atoms with Gasteiger partial charge in [0.2, 0.25) is 0 Å². The maximum atomic E-state index is 2.78. The van der Waals surface area contributed by atoms with Crippen LogP contribution in [0, 0.1) is 0 Å². The molecule has 0 atom stereocenters. The third kappa shape index (κ3) is 8.26. The van der Waals surface area contributed by atoms with Gasteiger partial charge in [0.15, 0.2) is 0 Å². The molecule has 0 heterocycles. The van der Waals surface area contributed by atoms with E-state index in [0.717, 1.165) is 0 Å². The van der Waals surface area contributed by atoms with E-state index >= 15 is 0 Å². The Balaban J connectivity index is 5.26. The van der Waals surface area contributed by atoms with Gasteiger partial charge >= 0.3 is 135 Å². The van der Waals surface area contributed by atoms with Crippen molar-refractivity contribution in [3.05, 3.63) is 9.29 Å². The van der Waals surface area contributed by atoms with E-state index in [0.29, 0.717) is 0 Å². The molecule has 0 amide bonds. The van der Waals surface area contributed by atoms with E-state index in [2.05, 4.69) is 53.0 Å². The van der Waals surface area contributed by atoms with Crippen molar-refractivity contribution in [2.24, 2.45) is 0 Å². The molecule has 0 spiro atoms. The van der Waals surface area contributed by atoms with Crippen LogP contribution in [-0.4, -0.2) is 26.5 Å². The SMILES string of the molecule is CCC[CH2][Sn]([CH2]CCC)([CH2]CCC)/[C](C)=C/[Si](C)(C)C. The van der Waals surface area contributed by atoms with Gasteiger partial charge in [-0.15, -0.1) is 0 Å². The van der Waals surface area contributed by atoms with Crippen LogP contribution in [0.4, 0.5) is 0 Å². The first-order chi connectivity index (χ1) is 9.31. The van der Waals surface area contributed by atoms with Crippen molar-refractivity contribution in [2.45, 2.75) is 99.2 Å². The summed E-state index contributed by atoms with van der Waals surface area (Å²) in [6, 6.07) is 0. The zero-order valence-electron chi connectivity index (χ0n) is 15.4. The minimum atomic E-state index is -2.04. The first-order valence-electron chi connectivity index (χ1n) is 9.01. The number of hydrogen-bond acceptors (Lipinski definition) is 0. The van der Waals surface area contributed by atoms with E-state index in [-0.39, 0.29) is 0 Å². The molecule has 0 bridgehead atoms. The Morgan fingerprint density at radius 3 is 1.40 bits per heavy atom. The second kappa shape index (κ2) is 10.5. The molecule has 0 fully saturated rings. The predicted molar refractivity (Wildman–Crippen MR) is 102 cm³/mol. The van der Waals surface area contributed by atoms with Crippen molar-refractivity contribution in [3.63, 3.8) is 0 Å². The van der Waals surface area contributed by atoms with Gasteiger partial charge in [-0.05, 0) is 0 Å². The molecular formula is C18H40SiSn. The summed E-state index contributed by atoms with van der Waals surface area (Å²) in [6.07, 6.45) is 8.62. The van der Waals surface area contributed by atoms with Gasteiger partial charge in [0, 0.05) is 0 Å². The van der Waals surface area contributed by atoms with Crippen LogP contribution in [0.2, 0.25) is 33.0 Å². The van der Waals surface area contributed by atoms with Crippen molar-refractivity contribution in [3.8, 4) is 0 Å². The molecule has 120 valence electrons. The molecule has 0 aliphatic rings. The summed E-state index contributed by atoms with van der Waals surface area (Å²) in [4.78, 5) is 0. The van der Waals surface area contributed by atoms with Crippen LogP contribution >= 0.6 is 0 Å². The number of allylic oxidation sites excluding steroid dienone is 1. The summed E-state index contributed by atoms with van der Waals surface area (Å²) in [5, 5.41) is 0. The minimum absolute atomic E-state index is 1.06. The van der Waals surface area contributed by atoms with Gasteiger partial charge in [-0.1, -0.05) is 0 Å². The quantitative estimate of drug-likeness (QED) is 0.320. The van der Waals surface area contributed by atoms with Gasteiger partial charge in [-0.3, -0.25) is 0 Å². The van der Waals surface area contributed by atoms with E-state index in [1.165, 1.54) is 38.5 Å². The van der Waals surface area contributed by atoms with E-state index in [1.54, 1.807) is 13.3 Å². The molecule has 0 saturated carbocycles. The van der Waals surface area contributed by atoms with Crippen LogP contribution in [0.1, 0.15) is 66.2 Å². The van der Waals surface area contributed by atoms with Crippen molar-refractivity contribution in [2.75, 3.05) is 0 Å². The third-order valence-corrected chi connectivity index (χ3v) is 23.0.